The molecule has 7 nitrogen and oxygen atoms in total. The molecule has 0 aliphatic heterocycles. The van der Waals surface area contributed by atoms with Crippen LogP contribution in [0, 0.1) is 0 Å². The fourth-order valence-electron chi connectivity index (χ4n) is 4.42. The first-order valence-corrected chi connectivity index (χ1v) is 14.2. The molecule has 0 unspecified atom stereocenters. The van der Waals surface area contributed by atoms with Gasteiger partial charge in [-0.05, 0) is 46.5 Å². The predicted molar refractivity (Wildman–Crippen MR) is 148 cm³/mol. The number of thiophene rings is 1. The van der Waals surface area contributed by atoms with E-state index in [-0.39, 0.29) is 25.5 Å². The highest BCUT2D eigenvalue weighted by atomic mass is 35.5. The van der Waals surface area contributed by atoms with Gasteiger partial charge in [-0.25, -0.2) is 13.1 Å². The maximum absolute atomic E-state index is 12.7. The van der Waals surface area contributed by atoms with Crippen LogP contribution in [0.4, 0.5) is 6.01 Å². The molecule has 0 amide bonds. The van der Waals surface area contributed by atoms with Crippen LogP contribution in [0.5, 0.6) is 0 Å². The molecule has 3 heterocycles. The molecule has 3 aromatic carbocycles. The van der Waals surface area contributed by atoms with Gasteiger partial charge in [0.1, 0.15) is 8.55 Å². The van der Waals surface area contributed by atoms with Crippen molar-refractivity contribution in [2.45, 2.75) is 10.6 Å². The Morgan fingerprint density at radius 2 is 1.81 bits per heavy atom. The van der Waals surface area contributed by atoms with Crippen molar-refractivity contribution >= 4 is 72.3 Å². The van der Waals surface area contributed by atoms with Gasteiger partial charge in [0.2, 0.25) is 5.89 Å². The maximum Gasteiger partial charge on any atom is 0.330 e. The summed E-state index contributed by atoms with van der Waals surface area (Å²) in [5.41, 5.74) is 3.98. The van der Waals surface area contributed by atoms with E-state index in [9.17, 15) is 8.42 Å². The number of sulfonamides is 1. The molecule has 3 aromatic heterocycles. The third kappa shape index (κ3) is 4.48. The van der Waals surface area contributed by atoms with Gasteiger partial charge in [0.05, 0.1) is 5.02 Å². The Morgan fingerprint density at radius 1 is 1.00 bits per heavy atom. The number of halogens is 2. The van der Waals surface area contributed by atoms with Crippen LogP contribution in [0.2, 0.25) is 9.36 Å². The summed E-state index contributed by atoms with van der Waals surface area (Å²) in [4.78, 5) is 0. The SMILES string of the molecule is Cn1cc(Cc2ccc3ccccc3c2)c2c(-c3nnc(NS(=O)(=O)c4cc(Cl)c(Cl)s4)o3)cccc21. The molecule has 186 valence electrons. The van der Waals surface area contributed by atoms with Gasteiger partial charge >= 0.3 is 6.01 Å². The molecule has 0 aliphatic rings. The van der Waals surface area contributed by atoms with Gasteiger partial charge in [0.15, 0.2) is 0 Å². The average molecular weight is 569 g/mol. The van der Waals surface area contributed by atoms with E-state index in [4.69, 9.17) is 27.6 Å². The fraction of sp³-hybridized carbons (Fsp3) is 0.0769. The third-order valence-corrected chi connectivity index (χ3v) is 9.73. The van der Waals surface area contributed by atoms with Crippen LogP contribution in [0.25, 0.3) is 33.1 Å². The van der Waals surface area contributed by atoms with E-state index in [2.05, 4.69) is 56.0 Å². The Bertz CT molecular complexity index is 1890. The van der Waals surface area contributed by atoms with Crippen LogP contribution in [0.3, 0.4) is 0 Å². The molecule has 37 heavy (non-hydrogen) atoms. The molecule has 0 saturated carbocycles. The number of benzene rings is 3. The van der Waals surface area contributed by atoms with Crippen molar-refractivity contribution in [3.8, 4) is 11.5 Å². The summed E-state index contributed by atoms with van der Waals surface area (Å²) < 4.78 is 35.7. The smallest absolute Gasteiger partial charge is 0.330 e. The van der Waals surface area contributed by atoms with E-state index in [0.29, 0.717) is 12.0 Å². The van der Waals surface area contributed by atoms with Crippen molar-refractivity contribution in [2.75, 3.05) is 4.72 Å². The lowest BCUT2D eigenvalue weighted by atomic mass is 9.98. The van der Waals surface area contributed by atoms with E-state index in [1.54, 1.807) is 0 Å². The van der Waals surface area contributed by atoms with Crippen LogP contribution in [0.15, 0.2) is 81.6 Å². The second-order valence-corrected chi connectivity index (χ2v) is 12.5. The zero-order valence-electron chi connectivity index (χ0n) is 19.3. The molecule has 6 rings (SSSR count). The van der Waals surface area contributed by atoms with E-state index in [0.717, 1.165) is 27.8 Å². The Labute approximate surface area is 226 Å². The Balaban J connectivity index is 1.36. The second kappa shape index (κ2) is 9.18. The number of hydrogen-bond acceptors (Lipinski definition) is 6. The van der Waals surface area contributed by atoms with Gasteiger partial charge in [0.25, 0.3) is 10.0 Å². The number of aromatic nitrogens is 3. The highest BCUT2D eigenvalue weighted by Crippen LogP contribution is 2.36. The summed E-state index contributed by atoms with van der Waals surface area (Å²) in [6.45, 7) is 0. The minimum atomic E-state index is -3.99. The number of rotatable bonds is 6. The van der Waals surface area contributed by atoms with Crippen LogP contribution in [0.1, 0.15) is 11.1 Å². The summed E-state index contributed by atoms with van der Waals surface area (Å²) in [7, 11) is -2.00. The molecule has 1 N–H and O–H groups in total. The Kier molecular flexibility index (Phi) is 5.95. The molecule has 0 bridgehead atoms. The minimum Gasteiger partial charge on any atom is -0.403 e. The number of anilines is 1. The molecular weight excluding hydrogens is 551 g/mol. The largest absolute Gasteiger partial charge is 0.403 e. The van der Waals surface area contributed by atoms with Gasteiger partial charge in [-0.15, -0.1) is 16.4 Å². The molecule has 0 saturated heterocycles. The minimum absolute atomic E-state index is 0.0508. The molecule has 0 spiro atoms. The van der Waals surface area contributed by atoms with E-state index in [1.807, 2.05) is 37.4 Å². The lowest BCUT2D eigenvalue weighted by Crippen LogP contribution is -2.11. The summed E-state index contributed by atoms with van der Waals surface area (Å²) in [6.07, 6.45) is 2.79. The number of nitrogens with zero attached hydrogens (tertiary/aromatic N) is 3. The van der Waals surface area contributed by atoms with Gasteiger partial charge in [-0.2, -0.15) is 0 Å². The predicted octanol–water partition coefficient (Wildman–Crippen LogP) is 7.14. The van der Waals surface area contributed by atoms with Gasteiger partial charge < -0.3 is 8.98 Å². The normalized spacial score (nSPS) is 12.0. The summed E-state index contributed by atoms with van der Waals surface area (Å²) in [5, 5.41) is 11.6. The van der Waals surface area contributed by atoms with Crippen LogP contribution in [-0.2, 0) is 23.5 Å². The van der Waals surface area contributed by atoms with E-state index >= 15 is 0 Å². The summed E-state index contributed by atoms with van der Waals surface area (Å²) in [5.74, 6) is 0.205. The maximum atomic E-state index is 12.7. The van der Waals surface area contributed by atoms with Crippen molar-refractivity contribution in [1.29, 1.82) is 0 Å². The average Bonchev–Trinajstić information content (AvgIpc) is 3.57. The van der Waals surface area contributed by atoms with Crippen LogP contribution < -0.4 is 4.72 Å². The Hall–Kier alpha value is -3.37. The number of nitrogens with one attached hydrogen (secondary N) is 1. The monoisotopic (exact) mass is 568 g/mol. The second-order valence-electron chi connectivity index (χ2n) is 8.53. The lowest BCUT2D eigenvalue weighted by molar-refractivity contribution is 0.578. The van der Waals surface area contributed by atoms with Gasteiger partial charge in [-0.1, -0.05) is 76.8 Å². The first kappa shape index (κ1) is 24.0. The Morgan fingerprint density at radius 3 is 2.59 bits per heavy atom. The highest BCUT2D eigenvalue weighted by molar-refractivity contribution is 7.94. The first-order chi connectivity index (χ1) is 17.8. The van der Waals surface area contributed by atoms with Crippen molar-refractivity contribution in [1.82, 2.24) is 14.8 Å². The summed E-state index contributed by atoms with van der Waals surface area (Å²) in [6, 6.07) is 21.5. The van der Waals surface area contributed by atoms with E-state index < -0.39 is 10.0 Å². The van der Waals surface area contributed by atoms with E-state index in [1.165, 1.54) is 22.4 Å². The molecule has 0 fully saturated rings. The molecule has 0 aliphatic carbocycles. The molecule has 0 radical (unpaired) electrons. The molecular formula is C26H18Cl2N4O3S2. The zero-order valence-corrected chi connectivity index (χ0v) is 22.4. The quantitative estimate of drug-likeness (QED) is 0.230. The topological polar surface area (TPSA) is 90.0 Å². The fourth-order valence-corrected chi connectivity index (χ4v) is 7.22. The number of fused-ring (bicyclic) bond motifs is 2. The van der Waals surface area contributed by atoms with Crippen molar-refractivity contribution in [2.24, 2.45) is 7.05 Å². The van der Waals surface area contributed by atoms with Crippen LogP contribution >= 0.6 is 34.5 Å². The number of hydrogen-bond donors (Lipinski definition) is 1. The summed E-state index contributed by atoms with van der Waals surface area (Å²) >= 11 is 12.7. The molecule has 11 heteroatoms. The van der Waals surface area contributed by atoms with Crippen molar-refractivity contribution in [3.63, 3.8) is 0 Å². The van der Waals surface area contributed by atoms with Gasteiger partial charge in [0, 0.05) is 29.7 Å². The van der Waals surface area contributed by atoms with Crippen LogP contribution in [-0.4, -0.2) is 23.2 Å². The lowest BCUT2D eigenvalue weighted by Gasteiger charge is -2.06. The van der Waals surface area contributed by atoms with Crippen molar-refractivity contribution < 1.29 is 12.8 Å². The molecule has 0 atom stereocenters. The molecule has 6 aromatic rings. The first-order valence-electron chi connectivity index (χ1n) is 11.1. The van der Waals surface area contributed by atoms with Gasteiger partial charge in [-0.3, -0.25) is 0 Å². The number of aryl methyl sites for hydroxylation is 1. The zero-order chi connectivity index (χ0) is 25.7. The standard InChI is InChI=1S/C26H18Cl2N4O3S2/c1-32-14-18(12-15-9-10-16-5-2-3-6-17(16)11-15)23-19(7-4-8-21(23)32)25-29-30-26(35-25)31-37(33,34)22-13-20(27)24(28)36-22/h2-11,13-14H,12H2,1H3,(H,30,31). The highest BCUT2D eigenvalue weighted by Gasteiger charge is 2.23. The van der Waals surface area contributed by atoms with Crippen molar-refractivity contribution in [3.05, 3.63) is 93.4 Å². The third-order valence-electron chi connectivity index (χ3n) is 6.07.